The highest BCUT2D eigenvalue weighted by Gasteiger charge is 2.22. The van der Waals surface area contributed by atoms with Gasteiger partial charge in [-0.15, -0.1) is 0 Å². The Hall–Kier alpha value is -2.57. The lowest BCUT2D eigenvalue weighted by atomic mass is 10.0. The minimum absolute atomic E-state index is 0.0590. The summed E-state index contributed by atoms with van der Waals surface area (Å²) in [6.07, 6.45) is 3.68. The van der Waals surface area contributed by atoms with E-state index >= 15 is 0 Å². The molecule has 1 atom stereocenters. The van der Waals surface area contributed by atoms with Gasteiger partial charge in [0.25, 0.3) is 5.69 Å². The van der Waals surface area contributed by atoms with Gasteiger partial charge in [-0.05, 0) is 31.5 Å². The first-order chi connectivity index (χ1) is 13.1. The second kappa shape index (κ2) is 9.39. The first-order valence-electron chi connectivity index (χ1n) is 9.42. The summed E-state index contributed by atoms with van der Waals surface area (Å²) in [5.41, 5.74) is 1.55. The highest BCUT2D eigenvalue weighted by molar-refractivity contribution is 5.98. The number of nitrogens with one attached hydrogen (secondary N) is 1. The van der Waals surface area contributed by atoms with Crippen molar-refractivity contribution < 1.29 is 9.72 Å². The van der Waals surface area contributed by atoms with Gasteiger partial charge in [0.1, 0.15) is 0 Å². The zero-order chi connectivity index (χ0) is 19.1. The molecule has 0 aromatic heterocycles. The van der Waals surface area contributed by atoms with E-state index in [0.29, 0.717) is 12.1 Å². The molecule has 0 radical (unpaired) electrons. The van der Waals surface area contributed by atoms with Crippen LogP contribution in [0.4, 0.5) is 5.69 Å². The van der Waals surface area contributed by atoms with Crippen LogP contribution in [-0.4, -0.2) is 41.8 Å². The van der Waals surface area contributed by atoms with Gasteiger partial charge in [-0.1, -0.05) is 48.9 Å². The summed E-state index contributed by atoms with van der Waals surface area (Å²) in [6.45, 7) is 2.98. The number of hydrogen-bond acceptors (Lipinski definition) is 5. The minimum Gasteiger partial charge on any atom is -0.308 e. The molecule has 2 aromatic carbocycles. The number of nitro benzene ring substituents is 1. The highest BCUT2D eigenvalue weighted by atomic mass is 16.6. The maximum Gasteiger partial charge on any atom is 0.270 e. The summed E-state index contributed by atoms with van der Waals surface area (Å²) in [4.78, 5) is 25.3. The van der Waals surface area contributed by atoms with Crippen molar-refractivity contribution in [1.82, 2.24) is 10.2 Å². The Morgan fingerprint density at radius 3 is 2.52 bits per heavy atom. The van der Waals surface area contributed by atoms with E-state index in [-0.39, 0.29) is 24.1 Å². The number of Topliss-reactive ketones (excluding diaryl/α,β-unsaturated/α-hetero) is 1. The standard InChI is InChI=1S/C21H25N3O3/c25-21(18-10-7-11-19(14-18)24(26)27)16-22-15-20(17-8-3-1-4-9-17)23-12-5-2-6-13-23/h1,3-4,7-11,14,20,22H,2,5-6,12-13,15-16H2. The minimum atomic E-state index is -0.480. The molecule has 1 heterocycles. The van der Waals surface area contributed by atoms with Crippen LogP contribution in [0.2, 0.25) is 0 Å². The second-order valence-corrected chi connectivity index (χ2v) is 6.88. The molecule has 0 amide bonds. The molecule has 1 N–H and O–H groups in total. The molecule has 2 aromatic rings. The van der Waals surface area contributed by atoms with E-state index in [9.17, 15) is 14.9 Å². The van der Waals surface area contributed by atoms with Gasteiger partial charge in [0.2, 0.25) is 0 Å². The number of benzene rings is 2. The molecule has 0 bridgehead atoms. The molecule has 142 valence electrons. The van der Waals surface area contributed by atoms with Crippen LogP contribution < -0.4 is 5.32 Å². The lowest BCUT2D eigenvalue weighted by Crippen LogP contribution is -2.40. The molecular weight excluding hydrogens is 342 g/mol. The predicted molar refractivity (Wildman–Crippen MR) is 105 cm³/mol. The van der Waals surface area contributed by atoms with Crippen molar-refractivity contribution in [2.24, 2.45) is 0 Å². The summed E-state index contributed by atoms with van der Waals surface area (Å²) >= 11 is 0. The molecule has 1 aliphatic rings. The first-order valence-corrected chi connectivity index (χ1v) is 9.42. The summed E-state index contributed by atoms with van der Waals surface area (Å²) in [5, 5.41) is 14.2. The molecule has 27 heavy (non-hydrogen) atoms. The van der Waals surface area contributed by atoms with Crippen molar-refractivity contribution >= 4 is 11.5 Å². The van der Waals surface area contributed by atoms with Crippen LogP contribution in [0, 0.1) is 10.1 Å². The topological polar surface area (TPSA) is 75.5 Å². The predicted octanol–water partition coefficient (Wildman–Crippen LogP) is 3.59. The maximum atomic E-state index is 12.4. The van der Waals surface area contributed by atoms with Crippen LogP contribution in [-0.2, 0) is 0 Å². The third-order valence-electron chi connectivity index (χ3n) is 5.02. The van der Waals surface area contributed by atoms with Crippen LogP contribution in [0.25, 0.3) is 0 Å². The quantitative estimate of drug-likeness (QED) is 0.438. The molecule has 0 saturated carbocycles. The van der Waals surface area contributed by atoms with Gasteiger partial charge < -0.3 is 5.32 Å². The fourth-order valence-electron chi connectivity index (χ4n) is 3.58. The molecule has 1 unspecified atom stereocenters. The highest BCUT2D eigenvalue weighted by Crippen LogP contribution is 2.24. The van der Waals surface area contributed by atoms with Crippen LogP contribution in [0.3, 0.4) is 0 Å². The molecule has 0 aliphatic carbocycles. The third-order valence-corrected chi connectivity index (χ3v) is 5.02. The van der Waals surface area contributed by atoms with Gasteiger partial charge in [-0.3, -0.25) is 19.8 Å². The lowest BCUT2D eigenvalue weighted by molar-refractivity contribution is -0.384. The normalized spacial score (nSPS) is 16.0. The monoisotopic (exact) mass is 367 g/mol. The third kappa shape index (κ3) is 5.21. The van der Waals surface area contributed by atoms with Gasteiger partial charge in [-0.25, -0.2) is 0 Å². The fourth-order valence-corrected chi connectivity index (χ4v) is 3.58. The zero-order valence-corrected chi connectivity index (χ0v) is 15.3. The van der Waals surface area contributed by atoms with Crippen molar-refractivity contribution in [2.75, 3.05) is 26.2 Å². The lowest BCUT2D eigenvalue weighted by Gasteiger charge is -2.35. The molecule has 0 spiro atoms. The van der Waals surface area contributed by atoms with Gasteiger partial charge in [-0.2, -0.15) is 0 Å². The van der Waals surface area contributed by atoms with Gasteiger partial charge in [0, 0.05) is 30.3 Å². The fraction of sp³-hybridized carbons (Fsp3) is 0.381. The Morgan fingerprint density at radius 1 is 1.07 bits per heavy atom. The molecular formula is C21H25N3O3. The van der Waals surface area contributed by atoms with Crippen molar-refractivity contribution in [3.05, 3.63) is 75.8 Å². The van der Waals surface area contributed by atoms with Gasteiger partial charge in [0.05, 0.1) is 11.5 Å². The number of carbonyl (C=O) groups is 1. The summed E-state index contributed by atoms with van der Waals surface area (Å²) in [7, 11) is 0. The number of rotatable bonds is 8. The summed E-state index contributed by atoms with van der Waals surface area (Å²) in [6, 6.07) is 16.5. The SMILES string of the molecule is O=C(CNCC(c1ccccc1)N1CCCCC1)c1cccc([N+](=O)[O-])c1. The Labute approximate surface area is 159 Å². The van der Waals surface area contributed by atoms with Gasteiger partial charge in [0.15, 0.2) is 5.78 Å². The molecule has 1 fully saturated rings. The van der Waals surface area contributed by atoms with Crippen LogP contribution >= 0.6 is 0 Å². The van der Waals surface area contributed by atoms with Gasteiger partial charge >= 0.3 is 0 Å². The summed E-state index contributed by atoms with van der Waals surface area (Å²) in [5.74, 6) is -0.135. The Bertz CT molecular complexity index is 773. The zero-order valence-electron chi connectivity index (χ0n) is 15.3. The number of carbonyl (C=O) groups excluding carboxylic acids is 1. The van der Waals surface area contributed by atoms with Crippen LogP contribution in [0.15, 0.2) is 54.6 Å². The van der Waals surface area contributed by atoms with E-state index < -0.39 is 4.92 Å². The van der Waals surface area contributed by atoms with Crippen molar-refractivity contribution in [3.63, 3.8) is 0 Å². The molecule has 1 aliphatic heterocycles. The average Bonchev–Trinajstić information content (AvgIpc) is 2.72. The maximum absolute atomic E-state index is 12.4. The second-order valence-electron chi connectivity index (χ2n) is 6.88. The number of ketones is 1. The van der Waals surface area contributed by atoms with E-state index in [1.807, 2.05) is 18.2 Å². The molecule has 1 saturated heterocycles. The average molecular weight is 367 g/mol. The van der Waals surface area contributed by atoms with Crippen LogP contribution in [0.1, 0.15) is 41.2 Å². The summed E-state index contributed by atoms with van der Waals surface area (Å²) < 4.78 is 0. The Balaban J connectivity index is 1.62. The number of non-ortho nitro benzene ring substituents is 1. The van der Waals surface area contributed by atoms with Crippen molar-refractivity contribution in [2.45, 2.75) is 25.3 Å². The number of nitro groups is 1. The number of piperidine rings is 1. The number of hydrogen-bond donors (Lipinski definition) is 1. The first kappa shape index (κ1) is 19.2. The van der Waals surface area contributed by atoms with E-state index in [0.717, 1.165) is 13.1 Å². The van der Waals surface area contributed by atoms with E-state index in [4.69, 9.17) is 0 Å². The number of nitrogens with zero attached hydrogens (tertiary/aromatic N) is 2. The van der Waals surface area contributed by atoms with Crippen molar-refractivity contribution in [3.8, 4) is 0 Å². The Kier molecular flexibility index (Phi) is 6.68. The molecule has 6 heteroatoms. The molecule has 3 rings (SSSR count). The van der Waals surface area contributed by atoms with E-state index in [1.165, 1.54) is 37.0 Å². The van der Waals surface area contributed by atoms with E-state index in [2.05, 4.69) is 22.3 Å². The largest absolute Gasteiger partial charge is 0.308 e. The smallest absolute Gasteiger partial charge is 0.270 e. The van der Waals surface area contributed by atoms with E-state index in [1.54, 1.807) is 12.1 Å². The van der Waals surface area contributed by atoms with Crippen molar-refractivity contribution in [1.29, 1.82) is 0 Å². The van der Waals surface area contributed by atoms with Crippen LogP contribution in [0.5, 0.6) is 0 Å². The number of likely N-dealkylation sites (tertiary alicyclic amines) is 1. The Morgan fingerprint density at radius 2 is 1.81 bits per heavy atom. The molecule has 6 nitrogen and oxygen atoms in total.